The standard InChI is InChI=1S/C20H25N2O7P/c1-4-17(5-2)27-20(23)15(3)21-30(26,28-18-9-7-6-8-10-18)29-19-13-11-16(12-14-19)22(24)25/h6-15,17H,4-5H2,1-3H3,(H,21,26). The number of ether oxygens (including phenoxy) is 1. The second kappa shape index (κ2) is 10.8. The van der Waals surface area contributed by atoms with Gasteiger partial charge in [0.1, 0.15) is 23.6 Å². The summed E-state index contributed by atoms with van der Waals surface area (Å²) < 4.78 is 29.9. The third-order valence-corrected chi connectivity index (χ3v) is 5.75. The van der Waals surface area contributed by atoms with Crippen molar-refractivity contribution in [2.24, 2.45) is 0 Å². The number of hydrogen-bond donors (Lipinski definition) is 1. The Morgan fingerprint density at radius 2 is 1.57 bits per heavy atom. The van der Waals surface area contributed by atoms with Crippen LogP contribution in [-0.4, -0.2) is 23.0 Å². The normalized spacial score (nSPS) is 13.9. The summed E-state index contributed by atoms with van der Waals surface area (Å²) in [5.41, 5.74) is -0.142. The highest BCUT2D eigenvalue weighted by Gasteiger charge is 2.34. The van der Waals surface area contributed by atoms with E-state index in [-0.39, 0.29) is 23.3 Å². The Balaban J connectivity index is 2.21. The summed E-state index contributed by atoms with van der Waals surface area (Å²) in [5.74, 6) is -0.253. The van der Waals surface area contributed by atoms with Crippen molar-refractivity contribution in [1.82, 2.24) is 5.09 Å². The summed E-state index contributed by atoms with van der Waals surface area (Å²) in [6.45, 7) is 5.30. The topological polar surface area (TPSA) is 117 Å². The van der Waals surface area contributed by atoms with Crippen LogP contribution in [0.1, 0.15) is 33.6 Å². The number of esters is 1. The number of carbonyl (C=O) groups excluding carboxylic acids is 1. The summed E-state index contributed by atoms with van der Waals surface area (Å²) >= 11 is 0. The second-order valence-corrected chi connectivity index (χ2v) is 8.09. The first-order chi connectivity index (χ1) is 14.3. The summed E-state index contributed by atoms with van der Waals surface area (Å²) in [7, 11) is -4.09. The maximum atomic E-state index is 13.4. The van der Waals surface area contributed by atoms with E-state index in [1.165, 1.54) is 31.2 Å². The maximum Gasteiger partial charge on any atom is 0.513 e. The fraction of sp³-hybridized carbons (Fsp3) is 0.350. The van der Waals surface area contributed by atoms with Gasteiger partial charge in [0.15, 0.2) is 0 Å². The molecule has 0 spiro atoms. The molecule has 0 bridgehead atoms. The molecule has 9 nitrogen and oxygen atoms in total. The number of para-hydroxylation sites is 1. The molecule has 30 heavy (non-hydrogen) atoms. The van der Waals surface area contributed by atoms with E-state index in [2.05, 4.69) is 5.09 Å². The quantitative estimate of drug-likeness (QED) is 0.229. The SMILES string of the molecule is CCC(CC)OC(=O)C(C)NP(=O)(Oc1ccccc1)Oc1ccc([N+](=O)[O-])cc1. The van der Waals surface area contributed by atoms with Gasteiger partial charge in [-0.25, -0.2) is 4.57 Å². The zero-order valence-electron chi connectivity index (χ0n) is 17.0. The first-order valence-electron chi connectivity index (χ1n) is 9.53. The number of rotatable bonds is 11. The summed E-state index contributed by atoms with van der Waals surface area (Å²) in [6.07, 6.45) is 1.07. The van der Waals surface area contributed by atoms with Gasteiger partial charge < -0.3 is 13.8 Å². The molecule has 162 valence electrons. The first kappa shape index (κ1) is 23.4. The number of carbonyl (C=O) groups is 1. The highest BCUT2D eigenvalue weighted by Crippen LogP contribution is 2.45. The van der Waals surface area contributed by atoms with Gasteiger partial charge >= 0.3 is 13.7 Å². The van der Waals surface area contributed by atoms with E-state index in [9.17, 15) is 19.5 Å². The molecule has 0 fully saturated rings. The van der Waals surface area contributed by atoms with Crippen LogP contribution in [0.3, 0.4) is 0 Å². The zero-order chi connectivity index (χ0) is 22.1. The van der Waals surface area contributed by atoms with Gasteiger partial charge in [-0.15, -0.1) is 0 Å². The Bertz CT molecular complexity index is 886. The van der Waals surface area contributed by atoms with Crippen LogP contribution < -0.4 is 14.1 Å². The molecule has 0 saturated heterocycles. The number of hydrogen-bond acceptors (Lipinski definition) is 7. The van der Waals surface area contributed by atoms with E-state index in [0.717, 1.165) is 0 Å². The molecule has 0 amide bonds. The Labute approximate surface area is 175 Å². The lowest BCUT2D eigenvalue weighted by Gasteiger charge is -2.24. The van der Waals surface area contributed by atoms with Crippen molar-refractivity contribution in [1.29, 1.82) is 0 Å². The van der Waals surface area contributed by atoms with Crippen LogP contribution in [0, 0.1) is 10.1 Å². The molecule has 0 aliphatic carbocycles. The molecule has 0 saturated carbocycles. The van der Waals surface area contributed by atoms with Crippen molar-refractivity contribution in [3.63, 3.8) is 0 Å². The van der Waals surface area contributed by atoms with Crippen LogP contribution >= 0.6 is 7.75 Å². The first-order valence-corrected chi connectivity index (χ1v) is 11.1. The van der Waals surface area contributed by atoms with Gasteiger partial charge in [-0.1, -0.05) is 32.0 Å². The molecule has 2 atom stereocenters. The highest BCUT2D eigenvalue weighted by atomic mass is 31.2. The molecule has 2 unspecified atom stereocenters. The predicted octanol–water partition coefficient (Wildman–Crippen LogP) is 4.87. The van der Waals surface area contributed by atoms with Crippen molar-refractivity contribution in [3.05, 3.63) is 64.7 Å². The van der Waals surface area contributed by atoms with Crippen LogP contribution in [0.15, 0.2) is 54.6 Å². The maximum absolute atomic E-state index is 13.4. The largest absolute Gasteiger partial charge is 0.513 e. The number of benzene rings is 2. The number of nitrogens with zero attached hydrogens (tertiary/aromatic N) is 1. The third kappa shape index (κ3) is 6.86. The van der Waals surface area contributed by atoms with Crippen molar-refractivity contribution in [2.45, 2.75) is 45.8 Å². The molecular formula is C20H25N2O7P. The van der Waals surface area contributed by atoms with E-state index >= 15 is 0 Å². The second-order valence-electron chi connectivity index (χ2n) is 6.47. The zero-order valence-corrected chi connectivity index (χ0v) is 17.9. The lowest BCUT2D eigenvalue weighted by Crippen LogP contribution is -2.37. The van der Waals surface area contributed by atoms with Crippen LogP contribution in [0.2, 0.25) is 0 Å². The Hall–Kier alpha value is -2.90. The lowest BCUT2D eigenvalue weighted by atomic mass is 10.2. The minimum atomic E-state index is -4.09. The smallest absolute Gasteiger partial charge is 0.461 e. The van der Waals surface area contributed by atoms with Gasteiger partial charge in [0, 0.05) is 12.1 Å². The molecule has 1 N–H and O–H groups in total. The molecule has 10 heteroatoms. The van der Waals surface area contributed by atoms with Gasteiger partial charge in [-0.3, -0.25) is 14.9 Å². The molecule has 2 aromatic rings. The monoisotopic (exact) mass is 436 g/mol. The number of nitrogens with one attached hydrogen (secondary N) is 1. The van der Waals surface area contributed by atoms with E-state index in [1.807, 2.05) is 13.8 Å². The van der Waals surface area contributed by atoms with Crippen molar-refractivity contribution in [2.75, 3.05) is 0 Å². The molecule has 0 heterocycles. The van der Waals surface area contributed by atoms with Gasteiger partial charge in [-0.05, 0) is 44.0 Å². The van der Waals surface area contributed by atoms with Crippen molar-refractivity contribution < 1.29 is 28.1 Å². The van der Waals surface area contributed by atoms with Crippen molar-refractivity contribution in [3.8, 4) is 11.5 Å². The van der Waals surface area contributed by atoms with Crippen LogP contribution in [-0.2, 0) is 14.1 Å². The average Bonchev–Trinajstić information content (AvgIpc) is 2.72. The lowest BCUT2D eigenvalue weighted by molar-refractivity contribution is -0.384. The van der Waals surface area contributed by atoms with Crippen LogP contribution in [0.5, 0.6) is 11.5 Å². The van der Waals surface area contributed by atoms with Crippen molar-refractivity contribution >= 4 is 19.4 Å². The van der Waals surface area contributed by atoms with E-state index in [1.54, 1.807) is 30.3 Å². The summed E-state index contributed by atoms with van der Waals surface area (Å²) in [4.78, 5) is 22.6. The number of non-ortho nitro benzene ring substituents is 1. The molecule has 2 aromatic carbocycles. The van der Waals surface area contributed by atoms with Gasteiger partial charge in [-0.2, -0.15) is 5.09 Å². The fourth-order valence-corrected chi connectivity index (χ4v) is 3.99. The number of nitro benzene ring substituents is 1. The van der Waals surface area contributed by atoms with E-state index in [0.29, 0.717) is 12.8 Å². The Morgan fingerprint density at radius 1 is 1.03 bits per heavy atom. The highest BCUT2D eigenvalue weighted by molar-refractivity contribution is 7.52. The molecular weight excluding hydrogens is 411 g/mol. The Kier molecular flexibility index (Phi) is 8.38. The molecule has 2 rings (SSSR count). The summed E-state index contributed by atoms with van der Waals surface area (Å²) in [6, 6.07) is 12.4. The average molecular weight is 436 g/mol. The van der Waals surface area contributed by atoms with E-state index in [4.69, 9.17) is 13.8 Å². The van der Waals surface area contributed by atoms with Crippen LogP contribution in [0.25, 0.3) is 0 Å². The van der Waals surface area contributed by atoms with Gasteiger partial charge in [0.25, 0.3) is 5.69 Å². The molecule has 0 aliphatic rings. The minimum Gasteiger partial charge on any atom is -0.461 e. The summed E-state index contributed by atoms with van der Waals surface area (Å²) in [5, 5.41) is 13.4. The molecule has 0 aromatic heterocycles. The van der Waals surface area contributed by atoms with Gasteiger partial charge in [0.2, 0.25) is 0 Å². The Morgan fingerprint density at radius 3 is 2.07 bits per heavy atom. The third-order valence-electron chi connectivity index (χ3n) is 4.14. The molecule has 0 aliphatic heterocycles. The predicted molar refractivity (Wildman–Crippen MR) is 111 cm³/mol. The van der Waals surface area contributed by atoms with Crippen LogP contribution in [0.4, 0.5) is 5.69 Å². The minimum absolute atomic E-state index is 0.0768. The molecule has 0 radical (unpaired) electrons. The van der Waals surface area contributed by atoms with E-state index < -0.39 is 24.7 Å². The number of nitro groups is 1. The fourth-order valence-electron chi connectivity index (χ4n) is 2.47. The van der Waals surface area contributed by atoms with Gasteiger partial charge in [0.05, 0.1) is 4.92 Å².